The van der Waals surface area contributed by atoms with Gasteiger partial charge in [-0.2, -0.15) is 0 Å². The fraction of sp³-hybridized carbons (Fsp3) is 0.389. The van der Waals surface area contributed by atoms with E-state index in [0.29, 0.717) is 18.8 Å². The van der Waals surface area contributed by atoms with Gasteiger partial charge in [-0.3, -0.25) is 9.78 Å². The van der Waals surface area contributed by atoms with Crippen LogP contribution >= 0.6 is 11.8 Å². The Morgan fingerprint density at radius 2 is 2.12 bits per heavy atom. The van der Waals surface area contributed by atoms with Gasteiger partial charge in [-0.25, -0.2) is 4.98 Å². The standard InChI is InChI=1S/C18H21N3O2S/c22-18(14-24-17-5-1-2-8-20-17)21(13-16-4-3-11-23-16)12-15-6-9-19-10-7-15/h1-2,5-10,16H,3-4,11-14H2/t16-/m1/s1. The maximum atomic E-state index is 12.7. The lowest BCUT2D eigenvalue weighted by molar-refractivity contribution is -0.130. The molecule has 1 fully saturated rings. The Morgan fingerprint density at radius 3 is 2.83 bits per heavy atom. The second kappa shape index (κ2) is 8.80. The summed E-state index contributed by atoms with van der Waals surface area (Å²) in [5, 5.41) is 0.867. The van der Waals surface area contributed by atoms with Gasteiger partial charge >= 0.3 is 0 Å². The van der Waals surface area contributed by atoms with Crippen LogP contribution < -0.4 is 0 Å². The van der Waals surface area contributed by atoms with Gasteiger partial charge in [-0.05, 0) is 42.7 Å². The van der Waals surface area contributed by atoms with Crippen molar-refractivity contribution in [2.24, 2.45) is 0 Å². The van der Waals surface area contributed by atoms with Gasteiger partial charge in [-0.15, -0.1) is 0 Å². The topological polar surface area (TPSA) is 55.3 Å². The number of thioether (sulfide) groups is 1. The highest BCUT2D eigenvalue weighted by molar-refractivity contribution is 7.99. The molecule has 24 heavy (non-hydrogen) atoms. The Kier molecular flexibility index (Phi) is 6.20. The molecule has 3 rings (SSSR count). The number of nitrogens with zero attached hydrogens (tertiary/aromatic N) is 3. The first-order valence-corrected chi connectivity index (χ1v) is 9.12. The van der Waals surface area contributed by atoms with Gasteiger partial charge < -0.3 is 9.64 Å². The number of aromatic nitrogens is 2. The number of amides is 1. The second-order valence-corrected chi connectivity index (χ2v) is 6.72. The summed E-state index contributed by atoms with van der Waals surface area (Å²) in [6.45, 7) is 2.03. The Hall–Kier alpha value is -1.92. The third-order valence-corrected chi connectivity index (χ3v) is 4.83. The summed E-state index contributed by atoms with van der Waals surface area (Å²) in [6.07, 6.45) is 7.50. The van der Waals surface area contributed by atoms with Crippen LogP contribution in [0.4, 0.5) is 0 Å². The number of ether oxygens (including phenoxy) is 1. The van der Waals surface area contributed by atoms with Crippen LogP contribution in [-0.2, 0) is 16.1 Å². The lowest BCUT2D eigenvalue weighted by Crippen LogP contribution is -2.38. The number of hydrogen-bond acceptors (Lipinski definition) is 5. The van der Waals surface area contributed by atoms with Crippen molar-refractivity contribution < 1.29 is 9.53 Å². The van der Waals surface area contributed by atoms with Crippen molar-refractivity contribution in [3.05, 3.63) is 54.5 Å². The fourth-order valence-corrected chi connectivity index (χ4v) is 3.42. The highest BCUT2D eigenvalue weighted by atomic mass is 32.2. The summed E-state index contributed by atoms with van der Waals surface area (Å²) in [6, 6.07) is 9.62. The summed E-state index contributed by atoms with van der Waals surface area (Å²) in [5.74, 6) is 0.493. The Labute approximate surface area is 146 Å². The van der Waals surface area contributed by atoms with E-state index in [4.69, 9.17) is 4.74 Å². The van der Waals surface area contributed by atoms with Crippen LogP contribution in [0.3, 0.4) is 0 Å². The summed E-state index contributed by atoms with van der Waals surface area (Å²) in [7, 11) is 0. The molecular formula is C18H21N3O2S. The van der Waals surface area contributed by atoms with Gasteiger partial charge in [0.1, 0.15) is 0 Å². The summed E-state index contributed by atoms with van der Waals surface area (Å²) in [4.78, 5) is 22.9. The van der Waals surface area contributed by atoms with E-state index in [2.05, 4.69) is 9.97 Å². The van der Waals surface area contributed by atoms with E-state index >= 15 is 0 Å². The molecule has 1 saturated heterocycles. The van der Waals surface area contributed by atoms with Crippen molar-refractivity contribution >= 4 is 17.7 Å². The zero-order valence-corrected chi connectivity index (χ0v) is 14.3. The molecule has 3 heterocycles. The van der Waals surface area contributed by atoms with E-state index < -0.39 is 0 Å². The van der Waals surface area contributed by atoms with Gasteiger partial charge in [0.2, 0.25) is 5.91 Å². The minimum absolute atomic E-state index is 0.109. The highest BCUT2D eigenvalue weighted by Gasteiger charge is 2.23. The molecular weight excluding hydrogens is 322 g/mol. The minimum Gasteiger partial charge on any atom is -0.376 e. The molecule has 0 spiro atoms. The van der Waals surface area contributed by atoms with Crippen molar-refractivity contribution in [3.8, 4) is 0 Å². The Bertz CT molecular complexity index is 633. The SMILES string of the molecule is O=C(CSc1ccccn1)N(Cc1ccncc1)C[C@H]1CCCO1. The Balaban J connectivity index is 1.62. The molecule has 6 heteroatoms. The maximum absolute atomic E-state index is 12.7. The first kappa shape index (κ1) is 16.9. The third-order valence-electron chi connectivity index (χ3n) is 3.90. The van der Waals surface area contributed by atoms with Gasteiger partial charge in [0.25, 0.3) is 0 Å². The molecule has 1 atom stereocenters. The largest absolute Gasteiger partial charge is 0.376 e. The predicted octanol–water partition coefficient (Wildman–Crippen LogP) is 2.78. The van der Waals surface area contributed by atoms with Crippen LogP contribution in [0.25, 0.3) is 0 Å². The minimum atomic E-state index is 0.109. The molecule has 0 saturated carbocycles. The number of pyridine rings is 2. The lowest BCUT2D eigenvalue weighted by Gasteiger charge is -2.25. The summed E-state index contributed by atoms with van der Waals surface area (Å²) >= 11 is 1.47. The van der Waals surface area contributed by atoms with E-state index in [-0.39, 0.29) is 12.0 Å². The first-order chi connectivity index (χ1) is 11.8. The van der Waals surface area contributed by atoms with Crippen molar-refractivity contribution in [2.45, 2.75) is 30.5 Å². The van der Waals surface area contributed by atoms with Crippen LogP contribution in [-0.4, -0.2) is 45.8 Å². The molecule has 126 valence electrons. The normalized spacial score (nSPS) is 16.9. The average Bonchev–Trinajstić information content (AvgIpc) is 3.14. The quantitative estimate of drug-likeness (QED) is 0.724. The molecule has 1 aliphatic heterocycles. The van der Waals surface area contributed by atoms with E-state index in [9.17, 15) is 4.79 Å². The van der Waals surface area contributed by atoms with Gasteiger partial charge in [0, 0.05) is 38.3 Å². The monoisotopic (exact) mass is 343 g/mol. The van der Waals surface area contributed by atoms with E-state index in [1.165, 1.54) is 11.8 Å². The molecule has 0 bridgehead atoms. The van der Waals surface area contributed by atoms with Crippen molar-refractivity contribution in [2.75, 3.05) is 18.9 Å². The first-order valence-electron chi connectivity index (χ1n) is 8.13. The number of carbonyl (C=O) groups is 1. The van der Waals surface area contributed by atoms with Crippen LogP contribution in [0.2, 0.25) is 0 Å². The molecule has 1 amide bonds. The number of carbonyl (C=O) groups excluding carboxylic acids is 1. The lowest BCUT2D eigenvalue weighted by atomic mass is 10.2. The smallest absolute Gasteiger partial charge is 0.233 e. The predicted molar refractivity (Wildman–Crippen MR) is 93.6 cm³/mol. The van der Waals surface area contributed by atoms with Gasteiger partial charge in [0.15, 0.2) is 0 Å². The van der Waals surface area contributed by atoms with E-state index in [1.807, 2.05) is 35.2 Å². The zero-order chi connectivity index (χ0) is 16.6. The van der Waals surface area contributed by atoms with Crippen molar-refractivity contribution in [1.82, 2.24) is 14.9 Å². The van der Waals surface area contributed by atoms with Crippen LogP contribution in [0.5, 0.6) is 0 Å². The molecule has 0 radical (unpaired) electrons. The molecule has 0 N–H and O–H groups in total. The van der Waals surface area contributed by atoms with Crippen molar-refractivity contribution in [1.29, 1.82) is 0 Å². The molecule has 0 aromatic carbocycles. The van der Waals surface area contributed by atoms with Crippen LogP contribution in [0.15, 0.2) is 53.9 Å². The molecule has 5 nitrogen and oxygen atoms in total. The average molecular weight is 343 g/mol. The van der Waals surface area contributed by atoms with Gasteiger partial charge in [-0.1, -0.05) is 17.8 Å². The number of hydrogen-bond donors (Lipinski definition) is 0. The summed E-state index contributed by atoms with van der Waals surface area (Å²) in [5.41, 5.74) is 1.08. The van der Waals surface area contributed by atoms with E-state index in [0.717, 1.165) is 30.0 Å². The van der Waals surface area contributed by atoms with Crippen LogP contribution in [0.1, 0.15) is 18.4 Å². The van der Waals surface area contributed by atoms with Crippen molar-refractivity contribution in [3.63, 3.8) is 0 Å². The molecule has 0 unspecified atom stereocenters. The summed E-state index contributed by atoms with van der Waals surface area (Å²) < 4.78 is 5.71. The van der Waals surface area contributed by atoms with Gasteiger partial charge in [0.05, 0.1) is 16.9 Å². The second-order valence-electron chi connectivity index (χ2n) is 5.72. The molecule has 2 aromatic rings. The Morgan fingerprint density at radius 1 is 1.25 bits per heavy atom. The highest BCUT2D eigenvalue weighted by Crippen LogP contribution is 2.18. The third kappa shape index (κ3) is 5.04. The molecule has 1 aliphatic rings. The van der Waals surface area contributed by atoms with Crippen LogP contribution in [0, 0.1) is 0 Å². The molecule has 2 aromatic heterocycles. The van der Waals surface area contributed by atoms with E-state index in [1.54, 1.807) is 18.6 Å². The molecule has 0 aliphatic carbocycles. The fourth-order valence-electron chi connectivity index (χ4n) is 2.66. The maximum Gasteiger partial charge on any atom is 0.233 e. The number of rotatable bonds is 7. The zero-order valence-electron chi connectivity index (χ0n) is 13.5.